The zero-order valence-corrected chi connectivity index (χ0v) is 13.8. The predicted octanol–water partition coefficient (Wildman–Crippen LogP) is 4.96. The zero-order valence-electron chi connectivity index (χ0n) is 11.5. The van der Waals surface area contributed by atoms with Crippen molar-refractivity contribution >= 4 is 33.3 Å². The monoisotopic (exact) mass is 352 g/mol. The highest BCUT2D eigenvalue weighted by atomic mass is 79.9. The van der Waals surface area contributed by atoms with Crippen LogP contribution < -0.4 is 4.74 Å². The molecule has 0 aromatic heterocycles. The molecule has 4 heteroatoms. The van der Waals surface area contributed by atoms with Crippen LogP contribution in [0.2, 0.25) is 5.02 Å². The number of carbonyl (C=O) groups is 1. The van der Waals surface area contributed by atoms with E-state index in [0.29, 0.717) is 21.9 Å². The van der Waals surface area contributed by atoms with E-state index in [4.69, 9.17) is 16.3 Å². The Morgan fingerprint density at radius 1 is 1.10 bits per heavy atom. The smallest absolute Gasteiger partial charge is 0.198 e. The van der Waals surface area contributed by atoms with Crippen LogP contribution in [0.5, 0.6) is 5.75 Å². The molecule has 0 aliphatic rings. The van der Waals surface area contributed by atoms with Crippen molar-refractivity contribution in [1.29, 1.82) is 0 Å². The van der Waals surface area contributed by atoms with E-state index in [0.717, 1.165) is 15.6 Å². The second-order valence-corrected chi connectivity index (χ2v) is 5.91. The number of ether oxygens (including phenoxy) is 1. The number of methoxy groups -OCH3 is 1. The summed E-state index contributed by atoms with van der Waals surface area (Å²) in [5, 5.41) is 0.461. The summed E-state index contributed by atoms with van der Waals surface area (Å²) in [4.78, 5) is 12.6. The second kappa shape index (κ2) is 5.98. The number of halogens is 2. The van der Waals surface area contributed by atoms with Gasteiger partial charge in [0.05, 0.1) is 17.7 Å². The Bertz CT molecular complexity index is 680. The lowest BCUT2D eigenvalue weighted by atomic mass is 9.98. The van der Waals surface area contributed by atoms with Gasteiger partial charge < -0.3 is 4.74 Å². The molecule has 0 aliphatic carbocycles. The van der Waals surface area contributed by atoms with Gasteiger partial charge in [-0.15, -0.1) is 0 Å². The van der Waals surface area contributed by atoms with Crippen LogP contribution in [0.4, 0.5) is 0 Å². The number of carbonyl (C=O) groups excluding carboxylic acids is 1. The molecule has 0 unspecified atom stereocenters. The van der Waals surface area contributed by atoms with E-state index in [1.54, 1.807) is 19.2 Å². The molecule has 0 heterocycles. The molecule has 0 atom stereocenters. The summed E-state index contributed by atoms with van der Waals surface area (Å²) >= 11 is 9.56. The number of ketones is 1. The Balaban J connectivity index is 2.54. The van der Waals surface area contributed by atoms with Gasteiger partial charge in [-0.1, -0.05) is 27.5 Å². The van der Waals surface area contributed by atoms with Gasteiger partial charge in [-0.25, -0.2) is 0 Å². The molecular weight excluding hydrogens is 340 g/mol. The first-order valence-electron chi connectivity index (χ1n) is 6.09. The Labute approximate surface area is 131 Å². The molecular formula is C16H14BrClO2. The van der Waals surface area contributed by atoms with E-state index in [9.17, 15) is 4.79 Å². The maximum Gasteiger partial charge on any atom is 0.198 e. The minimum atomic E-state index is -0.137. The summed E-state index contributed by atoms with van der Waals surface area (Å²) in [7, 11) is 1.54. The Morgan fingerprint density at radius 2 is 1.75 bits per heavy atom. The molecule has 2 rings (SSSR count). The number of aryl methyl sites for hydroxylation is 2. The largest absolute Gasteiger partial charge is 0.496 e. The fourth-order valence-electron chi connectivity index (χ4n) is 1.95. The van der Waals surface area contributed by atoms with Gasteiger partial charge in [0.2, 0.25) is 0 Å². The van der Waals surface area contributed by atoms with Crippen molar-refractivity contribution in [3.05, 3.63) is 62.1 Å². The maximum absolute atomic E-state index is 12.6. The van der Waals surface area contributed by atoms with Crippen molar-refractivity contribution < 1.29 is 9.53 Å². The van der Waals surface area contributed by atoms with Crippen LogP contribution in [0.3, 0.4) is 0 Å². The van der Waals surface area contributed by atoms with Crippen molar-refractivity contribution in [2.24, 2.45) is 0 Å². The van der Waals surface area contributed by atoms with Crippen molar-refractivity contribution in [2.45, 2.75) is 13.8 Å². The lowest BCUT2D eigenvalue weighted by Crippen LogP contribution is -2.05. The molecule has 2 aromatic rings. The highest BCUT2D eigenvalue weighted by molar-refractivity contribution is 9.10. The average Bonchev–Trinajstić information content (AvgIpc) is 2.42. The van der Waals surface area contributed by atoms with Gasteiger partial charge in [0.25, 0.3) is 0 Å². The van der Waals surface area contributed by atoms with Gasteiger partial charge in [-0.2, -0.15) is 0 Å². The van der Waals surface area contributed by atoms with Crippen LogP contribution in [0.1, 0.15) is 27.0 Å². The third-order valence-electron chi connectivity index (χ3n) is 3.24. The van der Waals surface area contributed by atoms with Crippen LogP contribution >= 0.6 is 27.5 Å². The molecule has 0 saturated carbocycles. The van der Waals surface area contributed by atoms with Gasteiger partial charge in [-0.3, -0.25) is 4.79 Å². The van der Waals surface area contributed by atoms with E-state index in [2.05, 4.69) is 15.9 Å². The standard InChI is InChI=1S/C16H14BrClO2/c1-9-6-13(14(18)7-10(9)2)16(19)12-5-4-11(17)8-15(12)20-3/h4-8H,1-3H3. The number of rotatable bonds is 3. The summed E-state index contributed by atoms with van der Waals surface area (Å²) in [5.74, 6) is 0.390. The molecule has 0 fully saturated rings. The van der Waals surface area contributed by atoms with Gasteiger partial charge in [-0.05, 0) is 55.3 Å². The molecule has 20 heavy (non-hydrogen) atoms. The van der Waals surface area contributed by atoms with Crippen LogP contribution in [-0.2, 0) is 0 Å². The number of benzene rings is 2. The van der Waals surface area contributed by atoms with E-state index in [-0.39, 0.29) is 5.78 Å². The molecule has 0 bridgehead atoms. The Kier molecular flexibility index (Phi) is 4.51. The SMILES string of the molecule is COc1cc(Br)ccc1C(=O)c1cc(C)c(C)cc1Cl. The minimum Gasteiger partial charge on any atom is -0.496 e. The molecule has 0 N–H and O–H groups in total. The third kappa shape index (κ3) is 2.89. The van der Waals surface area contributed by atoms with E-state index < -0.39 is 0 Å². The van der Waals surface area contributed by atoms with Gasteiger partial charge in [0.1, 0.15) is 5.75 Å². The average molecular weight is 354 g/mol. The zero-order chi connectivity index (χ0) is 14.9. The fourth-order valence-corrected chi connectivity index (χ4v) is 2.60. The maximum atomic E-state index is 12.6. The first kappa shape index (κ1) is 15.1. The Hall–Kier alpha value is -1.32. The summed E-state index contributed by atoms with van der Waals surface area (Å²) < 4.78 is 6.13. The normalized spacial score (nSPS) is 10.4. The van der Waals surface area contributed by atoms with E-state index in [1.807, 2.05) is 32.0 Å². The van der Waals surface area contributed by atoms with Crippen molar-refractivity contribution in [2.75, 3.05) is 7.11 Å². The summed E-state index contributed by atoms with van der Waals surface area (Å²) in [6.07, 6.45) is 0. The molecule has 0 saturated heterocycles. The van der Waals surface area contributed by atoms with Gasteiger partial charge in [0, 0.05) is 10.0 Å². The fraction of sp³-hybridized carbons (Fsp3) is 0.188. The van der Waals surface area contributed by atoms with Crippen LogP contribution in [-0.4, -0.2) is 12.9 Å². The van der Waals surface area contributed by atoms with Crippen LogP contribution in [0, 0.1) is 13.8 Å². The number of hydrogen-bond donors (Lipinski definition) is 0. The van der Waals surface area contributed by atoms with Gasteiger partial charge in [0.15, 0.2) is 5.78 Å². The molecule has 2 nitrogen and oxygen atoms in total. The molecule has 0 spiro atoms. The van der Waals surface area contributed by atoms with Crippen molar-refractivity contribution in [1.82, 2.24) is 0 Å². The molecule has 104 valence electrons. The summed E-state index contributed by atoms with van der Waals surface area (Å²) in [5.41, 5.74) is 3.10. The van der Waals surface area contributed by atoms with Crippen LogP contribution in [0.15, 0.2) is 34.8 Å². The van der Waals surface area contributed by atoms with E-state index >= 15 is 0 Å². The molecule has 0 aliphatic heterocycles. The first-order chi connectivity index (χ1) is 9.43. The molecule has 2 aromatic carbocycles. The van der Waals surface area contributed by atoms with Crippen LogP contribution in [0.25, 0.3) is 0 Å². The quantitative estimate of drug-likeness (QED) is 0.729. The number of hydrogen-bond acceptors (Lipinski definition) is 2. The highest BCUT2D eigenvalue weighted by Gasteiger charge is 2.18. The highest BCUT2D eigenvalue weighted by Crippen LogP contribution is 2.29. The van der Waals surface area contributed by atoms with Crippen molar-refractivity contribution in [3.63, 3.8) is 0 Å². The lowest BCUT2D eigenvalue weighted by molar-refractivity contribution is 0.103. The second-order valence-electron chi connectivity index (χ2n) is 4.59. The Morgan fingerprint density at radius 3 is 2.40 bits per heavy atom. The van der Waals surface area contributed by atoms with Gasteiger partial charge >= 0.3 is 0 Å². The molecule has 0 amide bonds. The predicted molar refractivity (Wildman–Crippen MR) is 85.1 cm³/mol. The third-order valence-corrected chi connectivity index (χ3v) is 4.04. The topological polar surface area (TPSA) is 26.3 Å². The summed E-state index contributed by atoms with van der Waals surface area (Å²) in [6.45, 7) is 3.93. The lowest BCUT2D eigenvalue weighted by Gasteiger charge is -2.11. The first-order valence-corrected chi connectivity index (χ1v) is 7.26. The van der Waals surface area contributed by atoms with Crippen molar-refractivity contribution in [3.8, 4) is 5.75 Å². The van der Waals surface area contributed by atoms with E-state index in [1.165, 1.54) is 0 Å². The summed E-state index contributed by atoms with van der Waals surface area (Å²) in [6, 6.07) is 8.95. The molecule has 0 radical (unpaired) electrons. The minimum absolute atomic E-state index is 0.137.